The Morgan fingerprint density at radius 2 is 2.20 bits per heavy atom. The molecule has 0 amide bonds. The van der Waals surface area contributed by atoms with E-state index >= 15 is 0 Å². The molecule has 25 heavy (non-hydrogen) atoms. The SMILES string of the molecule is CCOC(=O)c1[nH]ncc1C1CCN(c2ncc3c(n2)COC3)CC1. The van der Waals surface area contributed by atoms with E-state index in [1.807, 2.05) is 6.20 Å². The molecule has 0 saturated carbocycles. The van der Waals surface area contributed by atoms with Crippen LogP contribution in [0.3, 0.4) is 0 Å². The summed E-state index contributed by atoms with van der Waals surface area (Å²) < 4.78 is 10.5. The van der Waals surface area contributed by atoms with Gasteiger partial charge in [-0.05, 0) is 25.7 Å². The number of rotatable bonds is 4. The summed E-state index contributed by atoms with van der Waals surface area (Å²) in [6.07, 6.45) is 5.45. The third-order valence-electron chi connectivity index (χ3n) is 4.80. The Morgan fingerprint density at radius 1 is 1.36 bits per heavy atom. The average Bonchev–Trinajstić information content (AvgIpc) is 3.30. The minimum absolute atomic E-state index is 0.284. The van der Waals surface area contributed by atoms with Gasteiger partial charge in [0.15, 0.2) is 0 Å². The molecule has 0 spiro atoms. The van der Waals surface area contributed by atoms with Crippen LogP contribution in [0.5, 0.6) is 0 Å². The molecule has 132 valence electrons. The van der Waals surface area contributed by atoms with Gasteiger partial charge in [0.25, 0.3) is 0 Å². The lowest BCUT2D eigenvalue weighted by Crippen LogP contribution is -2.34. The van der Waals surface area contributed by atoms with E-state index < -0.39 is 0 Å². The third kappa shape index (κ3) is 3.09. The van der Waals surface area contributed by atoms with Crippen LogP contribution in [0, 0.1) is 0 Å². The van der Waals surface area contributed by atoms with Crippen molar-refractivity contribution >= 4 is 11.9 Å². The number of carbonyl (C=O) groups is 1. The monoisotopic (exact) mass is 343 g/mol. The van der Waals surface area contributed by atoms with Crippen molar-refractivity contribution < 1.29 is 14.3 Å². The van der Waals surface area contributed by atoms with Gasteiger partial charge in [-0.25, -0.2) is 14.8 Å². The number of esters is 1. The van der Waals surface area contributed by atoms with Crippen LogP contribution in [0.25, 0.3) is 0 Å². The van der Waals surface area contributed by atoms with E-state index in [2.05, 4.69) is 25.1 Å². The van der Waals surface area contributed by atoms with Crippen molar-refractivity contribution in [2.75, 3.05) is 24.6 Å². The van der Waals surface area contributed by atoms with Gasteiger partial charge in [-0.15, -0.1) is 0 Å². The van der Waals surface area contributed by atoms with Gasteiger partial charge in [-0.2, -0.15) is 5.10 Å². The van der Waals surface area contributed by atoms with Gasteiger partial charge in [-0.1, -0.05) is 0 Å². The van der Waals surface area contributed by atoms with Crippen LogP contribution in [0.2, 0.25) is 0 Å². The smallest absolute Gasteiger partial charge is 0.356 e. The van der Waals surface area contributed by atoms with E-state index in [1.54, 1.807) is 13.1 Å². The molecule has 2 aromatic heterocycles. The zero-order chi connectivity index (χ0) is 17.2. The highest BCUT2D eigenvalue weighted by Crippen LogP contribution is 2.31. The number of anilines is 1. The van der Waals surface area contributed by atoms with Crippen molar-refractivity contribution in [2.24, 2.45) is 0 Å². The first kappa shape index (κ1) is 16.0. The molecule has 0 aliphatic carbocycles. The summed E-state index contributed by atoms with van der Waals surface area (Å²) in [5, 5.41) is 6.82. The van der Waals surface area contributed by atoms with Crippen LogP contribution in [0.15, 0.2) is 12.4 Å². The predicted molar refractivity (Wildman–Crippen MR) is 89.3 cm³/mol. The van der Waals surface area contributed by atoms with E-state index in [0.29, 0.717) is 25.5 Å². The molecular weight excluding hydrogens is 322 g/mol. The van der Waals surface area contributed by atoms with Crippen molar-refractivity contribution in [3.05, 3.63) is 34.9 Å². The lowest BCUT2D eigenvalue weighted by atomic mass is 9.90. The van der Waals surface area contributed by atoms with Gasteiger partial charge in [0, 0.05) is 30.4 Å². The highest BCUT2D eigenvalue weighted by Gasteiger charge is 2.28. The Hall–Kier alpha value is -2.48. The molecule has 2 aliphatic heterocycles. The normalized spacial score (nSPS) is 17.6. The molecule has 1 N–H and O–H groups in total. The average molecular weight is 343 g/mol. The number of piperidine rings is 1. The molecule has 4 rings (SSSR count). The highest BCUT2D eigenvalue weighted by molar-refractivity contribution is 5.89. The Labute approximate surface area is 145 Å². The zero-order valence-corrected chi connectivity index (χ0v) is 14.2. The molecule has 4 heterocycles. The number of ether oxygens (including phenoxy) is 2. The van der Waals surface area contributed by atoms with E-state index in [1.165, 1.54) is 0 Å². The summed E-state index contributed by atoms with van der Waals surface area (Å²) in [5.74, 6) is 0.715. The summed E-state index contributed by atoms with van der Waals surface area (Å²) in [6, 6.07) is 0. The van der Waals surface area contributed by atoms with Gasteiger partial charge in [-0.3, -0.25) is 5.10 Å². The Bertz CT molecular complexity index is 767. The minimum Gasteiger partial charge on any atom is -0.461 e. The number of nitrogens with zero attached hydrogens (tertiary/aromatic N) is 4. The Morgan fingerprint density at radius 3 is 3.00 bits per heavy atom. The van der Waals surface area contributed by atoms with E-state index in [4.69, 9.17) is 9.47 Å². The Kier molecular flexibility index (Phi) is 4.35. The maximum Gasteiger partial charge on any atom is 0.356 e. The van der Waals surface area contributed by atoms with E-state index in [9.17, 15) is 4.79 Å². The maximum atomic E-state index is 12.0. The van der Waals surface area contributed by atoms with E-state index in [0.717, 1.165) is 48.7 Å². The van der Waals surface area contributed by atoms with Crippen molar-refractivity contribution in [3.8, 4) is 0 Å². The first-order valence-corrected chi connectivity index (χ1v) is 8.64. The first-order chi connectivity index (χ1) is 12.3. The second kappa shape index (κ2) is 6.79. The van der Waals surface area contributed by atoms with Crippen molar-refractivity contribution in [3.63, 3.8) is 0 Å². The molecule has 1 fully saturated rings. The minimum atomic E-state index is -0.334. The van der Waals surface area contributed by atoms with Gasteiger partial charge >= 0.3 is 5.97 Å². The van der Waals surface area contributed by atoms with Gasteiger partial charge in [0.2, 0.25) is 5.95 Å². The second-order valence-corrected chi connectivity index (χ2v) is 6.32. The number of nitrogens with one attached hydrogen (secondary N) is 1. The third-order valence-corrected chi connectivity index (χ3v) is 4.80. The van der Waals surface area contributed by atoms with Crippen LogP contribution in [-0.2, 0) is 22.7 Å². The summed E-state index contributed by atoms with van der Waals surface area (Å²) in [5.41, 5.74) is 3.50. The molecule has 8 heteroatoms. The van der Waals surface area contributed by atoms with Crippen LogP contribution in [0.4, 0.5) is 5.95 Å². The molecule has 1 saturated heterocycles. The molecule has 2 aliphatic rings. The van der Waals surface area contributed by atoms with Crippen molar-refractivity contribution in [2.45, 2.75) is 38.9 Å². The maximum absolute atomic E-state index is 12.0. The molecule has 0 radical (unpaired) electrons. The van der Waals surface area contributed by atoms with Gasteiger partial charge in [0.05, 0.1) is 31.7 Å². The number of hydrogen-bond acceptors (Lipinski definition) is 7. The number of carbonyl (C=O) groups excluding carboxylic acids is 1. The summed E-state index contributed by atoms with van der Waals surface area (Å²) in [6.45, 7) is 5.02. The van der Waals surface area contributed by atoms with Crippen LogP contribution >= 0.6 is 0 Å². The molecule has 0 unspecified atom stereocenters. The first-order valence-electron chi connectivity index (χ1n) is 8.64. The van der Waals surface area contributed by atoms with Gasteiger partial charge < -0.3 is 14.4 Å². The number of aromatic amines is 1. The van der Waals surface area contributed by atoms with E-state index in [-0.39, 0.29) is 11.9 Å². The second-order valence-electron chi connectivity index (χ2n) is 6.32. The Balaban J connectivity index is 1.44. The quantitative estimate of drug-likeness (QED) is 0.846. The predicted octanol–water partition coefficient (Wildman–Crippen LogP) is 1.79. The molecule has 2 aromatic rings. The standard InChI is InChI=1S/C17H21N5O3/c1-2-25-16(23)15-13(8-19-21-15)11-3-5-22(6-4-11)17-18-7-12-9-24-10-14(12)20-17/h7-8,11H,2-6,9-10H2,1H3,(H,19,21). The molecule has 8 nitrogen and oxygen atoms in total. The van der Waals surface area contributed by atoms with Crippen molar-refractivity contribution in [1.29, 1.82) is 0 Å². The summed E-state index contributed by atoms with van der Waals surface area (Å²) in [7, 11) is 0. The van der Waals surface area contributed by atoms with Crippen LogP contribution < -0.4 is 4.90 Å². The fraction of sp³-hybridized carbons (Fsp3) is 0.529. The molecule has 0 bridgehead atoms. The summed E-state index contributed by atoms with van der Waals surface area (Å²) in [4.78, 5) is 23.3. The number of H-pyrrole nitrogens is 1. The zero-order valence-electron chi connectivity index (χ0n) is 14.2. The number of hydrogen-bond donors (Lipinski definition) is 1. The largest absolute Gasteiger partial charge is 0.461 e. The molecule has 0 atom stereocenters. The number of fused-ring (bicyclic) bond motifs is 1. The van der Waals surface area contributed by atoms with Gasteiger partial charge in [0.1, 0.15) is 5.69 Å². The fourth-order valence-corrected chi connectivity index (χ4v) is 3.45. The fourth-order valence-electron chi connectivity index (χ4n) is 3.45. The lowest BCUT2D eigenvalue weighted by molar-refractivity contribution is 0.0517. The van der Waals surface area contributed by atoms with Crippen LogP contribution in [0.1, 0.15) is 53.0 Å². The topological polar surface area (TPSA) is 93.2 Å². The summed E-state index contributed by atoms with van der Waals surface area (Å²) >= 11 is 0. The number of aromatic nitrogens is 4. The molecular formula is C17H21N5O3. The lowest BCUT2D eigenvalue weighted by Gasteiger charge is -2.32. The van der Waals surface area contributed by atoms with Crippen LogP contribution in [-0.4, -0.2) is 45.8 Å². The highest BCUT2D eigenvalue weighted by atomic mass is 16.5. The molecule has 0 aromatic carbocycles. The van der Waals surface area contributed by atoms with Crippen molar-refractivity contribution in [1.82, 2.24) is 20.2 Å².